The molecule has 0 heterocycles. The molecule has 0 saturated carbocycles. The molecule has 0 aliphatic carbocycles. The summed E-state index contributed by atoms with van der Waals surface area (Å²) in [6, 6.07) is 19.9. The van der Waals surface area contributed by atoms with Crippen LogP contribution in [0.5, 0.6) is 5.75 Å². The number of methoxy groups -OCH3 is 1. The third-order valence-corrected chi connectivity index (χ3v) is 4.25. The summed E-state index contributed by atoms with van der Waals surface area (Å²) >= 11 is 12.7. The molecule has 0 amide bonds. The van der Waals surface area contributed by atoms with Crippen LogP contribution >= 0.6 is 23.2 Å². The molecular formula is C18H14Cl2O. The zero-order valence-electron chi connectivity index (χ0n) is 11.5. The van der Waals surface area contributed by atoms with Gasteiger partial charge in [-0.2, -0.15) is 0 Å². The van der Waals surface area contributed by atoms with Crippen LogP contribution in [0.2, 0.25) is 5.02 Å². The summed E-state index contributed by atoms with van der Waals surface area (Å²) in [6.45, 7) is 0. The van der Waals surface area contributed by atoms with Crippen molar-refractivity contribution in [3.8, 4) is 5.75 Å². The van der Waals surface area contributed by atoms with Crippen molar-refractivity contribution in [2.75, 3.05) is 7.11 Å². The van der Waals surface area contributed by atoms with Gasteiger partial charge in [0.2, 0.25) is 0 Å². The lowest BCUT2D eigenvalue weighted by atomic mass is 10.00. The van der Waals surface area contributed by atoms with Crippen molar-refractivity contribution in [2.45, 2.75) is 5.38 Å². The number of ether oxygens (including phenoxy) is 1. The van der Waals surface area contributed by atoms with Crippen LogP contribution in [0, 0.1) is 0 Å². The van der Waals surface area contributed by atoms with Gasteiger partial charge in [0.15, 0.2) is 0 Å². The zero-order valence-corrected chi connectivity index (χ0v) is 13.0. The van der Waals surface area contributed by atoms with E-state index in [4.69, 9.17) is 27.9 Å². The molecule has 3 aromatic carbocycles. The molecule has 3 rings (SSSR count). The van der Waals surface area contributed by atoms with Gasteiger partial charge in [-0.25, -0.2) is 0 Å². The van der Waals surface area contributed by atoms with E-state index >= 15 is 0 Å². The van der Waals surface area contributed by atoms with Crippen molar-refractivity contribution in [3.05, 3.63) is 76.8 Å². The minimum Gasteiger partial charge on any atom is -0.496 e. The van der Waals surface area contributed by atoms with Gasteiger partial charge >= 0.3 is 0 Å². The fraction of sp³-hybridized carbons (Fsp3) is 0.111. The topological polar surface area (TPSA) is 9.23 Å². The molecule has 0 N–H and O–H groups in total. The lowest BCUT2D eigenvalue weighted by molar-refractivity contribution is 0.410. The largest absolute Gasteiger partial charge is 0.496 e. The van der Waals surface area contributed by atoms with Crippen molar-refractivity contribution in [3.63, 3.8) is 0 Å². The Morgan fingerprint density at radius 3 is 2.43 bits per heavy atom. The van der Waals surface area contributed by atoms with Crippen LogP contribution in [0.4, 0.5) is 0 Å². The summed E-state index contributed by atoms with van der Waals surface area (Å²) in [6.07, 6.45) is 0. The molecule has 3 heteroatoms. The second kappa shape index (κ2) is 5.97. The molecular weight excluding hydrogens is 303 g/mol. The summed E-state index contributed by atoms with van der Waals surface area (Å²) in [5.74, 6) is 0.743. The highest BCUT2D eigenvalue weighted by Gasteiger charge is 2.16. The molecule has 0 saturated heterocycles. The average molecular weight is 317 g/mol. The molecule has 0 radical (unpaired) electrons. The fourth-order valence-corrected chi connectivity index (χ4v) is 2.94. The number of fused-ring (bicyclic) bond motifs is 1. The van der Waals surface area contributed by atoms with Gasteiger partial charge in [0.25, 0.3) is 0 Å². The molecule has 0 bridgehead atoms. The third-order valence-electron chi connectivity index (χ3n) is 3.53. The minimum atomic E-state index is -0.303. The van der Waals surface area contributed by atoms with Gasteiger partial charge in [-0.1, -0.05) is 48.0 Å². The highest BCUT2D eigenvalue weighted by molar-refractivity contribution is 6.31. The van der Waals surface area contributed by atoms with E-state index in [-0.39, 0.29) is 5.38 Å². The summed E-state index contributed by atoms with van der Waals surface area (Å²) < 4.78 is 5.39. The second-order valence-corrected chi connectivity index (χ2v) is 5.73. The van der Waals surface area contributed by atoms with Crippen LogP contribution < -0.4 is 4.74 Å². The van der Waals surface area contributed by atoms with E-state index < -0.39 is 0 Å². The minimum absolute atomic E-state index is 0.303. The maximum Gasteiger partial charge on any atom is 0.123 e. The normalized spacial score (nSPS) is 12.3. The van der Waals surface area contributed by atoms with Gasteiger partial charge in [-0.05, 0) is 40.6 Å². The number of alkyl halides is 1. The molecule has 0 aliphatic rings. The van der Waals surface area contributed by atoms with Crippen molar-refractivity contribution in [1.82, 2.24) is 0 Å². The monoisotopic (exact) mass is 316 g/mol. The molecule has 1 unspecified atom stereocenters. The van der Waals surface area contributed by atoms with Crippen LogP contribution in [0.25, 0.3) is 10.8 Å². The summed E-state index contributed by atoms with van der Waals surface area (Å²) in [5.41, 5.74) is 1.90. The second-order valence-electron chi connectivity index (χ2n) is 4.86. The van der Waals surface area contributed by atoms with E-state index in [1.54, 1.807) is 13.2 Å². The number of benzene rings is 3. The van der Waals surface area contributed by atoms with E-state index in [2.05, 4.69) is 24.3 Å². The SMILES string of the molecule is COc1ccc(Cl)cc1C(Cl)c1ccc2ccccc2c1. The fourth-order valence-electron chi connectivity index (χ4n) is 2.45. The van der Waals surface area contributed by atoms with Crippen LogP contribution in [0.1, 0.15) is 16.5 Å². The Bertz CT molecular complexity index is 783. The van der Waals surface area contributed by atoms with Gasteiger partial charge in [0.1, 0.15) is 5.75 Å². The highest BCUT2D eigenvalue weighted by atomic mass is 35.5. The lowest BCUT2D eigenvalue weighted by Crippen LogP contribution is -1.97. The predicted molar refractivity (Wildman–Crippen MR) is 89.6 cm³/mol. The quantitative estimate of drug-likeness (QED) is 0.552. The summed E-state index contributed by atoms with van der Waals surface area (Å²) in [7, 11) is 1.64. The molecule has 0 fully saturated rings. The smallest absolute Gasteiger partial charge is 0.123 e. The van der Waals surface area contributed by atoms with Crippen LogP contribution in [0.3, 0.4) is 0 Å². The van der Waals surface area contributed by atoms with E-state index in [0.29, 0.717) is 5.02 Å². The molecule has 0 spiro atoms. The Kier molecular flexibility index (Phi) is 4.05. The van der Waals surface area contributed by atoms with Gasteiger partial charge in [0, 0.05) is 10.6 Å². The Balaban J connectivity index is 2.07. The lowest BCUT2D eigenvalue weighted by Gasteiger charge is -2.15. The number of rotatable bonds is 3. The molecule has 106 valence electrons. The Hall–Kier alpha value is -1.70. The number of hydrogen-bond donors (Lipinski definition) is 0. The van der Waals surface area contributed by atoms with Crippen molar-refractivity contribution in [1.29, 1.82) is 0 Å². The first-order valence-electron chi connectivity index (χ1n) is 6.65. The molecule has 3 aromatic rings. The van der Waals surface area contributed by atoms with Crippen molar-refractivity contribution >= 4 is 34.0 Å². The zero-order chi connectivity index (χ0) is 14.8. The summed E-state index contributed by atoms with van der Waals surface area (Å²) in [5, 5.41) is 2.71. The van der Waals surface area contributed by atoms with E-state index in [9.17, 15) is 0 Å². The molecule has 1 nitrogen and oxygen atoms in total. The predicted octanol–water partition coefficient (Wildman–Crippen LogP) is 5.83. The molecule has 0 aliphatic heterocycles. The Morgan fingerprint density at radius 2 is 1.67 bits per heavy atom. The highest BCUT2D eigenvalue weighted by Crippen LogP contribution is 2.37. The first-order valence-corrected chi connectivity index (χ1v) is 7.46. The van der Waals surface area contributed by atoms with Crippen LogP contribution in [-0.2, 0) is 0 Å². The van der Waals surface area contributed by atoms with Gasteiger partial charge < -0.3 is 4.74 Å². The van der Waals surface area contributed by atoms with Gasteiger partial charge in [0.05, 0.1) is 12.5 Å². The number of halogens is 2. The number of hydrogen-bond acceptors (Lipinski definition) is 1. The van der Waals surface area contributed by atoms with Crippen LogP contribution in [0.15, 0.2) is 60.7 Å². The van der Waals surface area contributed by atoms with E-state index in [1.807, 2.05) is 30.3 Å². The van der Waals surface area contributed by atoms with E-state index in [0.717, 1.165) is 16.9 Å². The maximum absolute atomic E-state index is 6.65. The maximum atomic E-state index is 6.65. The van der Waals surface area contributed by atoms with Gasteiger partial charge in [-0.3, -0.25) is 0 Å². The average Bonchev–Trinajstić information content (AvgIpc) is 2.53. The molecule has 21 heavy (non-hydrogen) atoms. The van der Waals surface area contributed by atoms with E-state index in [1.165, 1.54) is 10.8 Å². The third kappa shape index (κ3) is 2.85. The summed E-state index contributed by atoms with van der Waals surface area (Å²) in [4.78, 5) is 0. The van der Waals surface area contributed by atoms with Crippen LogP contribution in [-0.4, -0.2) is 7.11 Å². The first kappa shape index (κ1) is 14.2. The standard InChI is InChI=1S/C18H14Cl2O/c1-21-17-9-8-15(19)11-16(17)18(20)14-7-6-12-4-2-3-5-13(12)10-14/h2-11,18H,1H3. The first-order chi connectivity index (χ1) is 10.2. The Morgan fingerprint density at radius 1 is 0.905 bits per heavy atom. The Labute approximate surface area is 134 Å². The molecule has 1 atom stereocenters. The van der Waals surface area contributed by atoms with Gasteiger partial charge in [-0.15, -0.1) is 11.6 Å². The van der Waals surface area contributed by atoms with Crippen molar-refractivity contribution < 1.29 is 4.74 Å². The molecule has 0 aromatic heterocycles. The van der Waals surface area contributed by atoms with Crippen molar-refractivity contribution in [2.24, 2.45) is 0 Å².